The lowest BCUT2D eigenvalue weighted by Crippen LogP contribution is -2.32. The molecule has 3 aromatic rings. The molecular formula is C21H19FN2O3. The molecule has 0 aliphatic carbocycles. The summed E-state index contributed by atoms with van der Waals surface area (Å²) in [5.41, 5.74) is 2.61. The van der Waals surface area contributed by atoms with Gasteiger partial charge in [0.2, 0.25) is 0 Å². The van der Waals surface area contributed by atoms with E-state index in [0.29, 0.717) is 11.3 Å². The highest BCUT2D eigenvalue weighted by Gasteiger charge is 2.15. The van der Waals surface area contributed by atoms with Gasteiger partial charge in [-0.1, -0.05) is 30.3 Å². The highest BCUT2D eigenvalue weighted by atomic mass is 19.1. The molecule has 3 rings (SSSR count). The number of aromatic nitrogens is 1. The van der Waals surface area contributed by atoms with Gasteiger partial charge in [-0.15, -0.1) is 0 Å². The van der Waals surface area contributed by atoms with Crippen LogP contribution in [0.5, 0.6) is 0 Å². The number of hydrogen-bond donors (Lipinski definition) is 1. The zero-order valence-electron chi connectivity index (χ0n) is 15.0. The maximum Gasteiger partial charge on any atom is 0.295 e. The molecule has 0 fully saturated rings. The maximum atomic E-state index is 13.0. The van der Waals surface area contributed by atoms with Gasteiger partial charge < -0.3 is 10.2 Å². The summed E-state index contributed by atoms with van der Waals surface area (Å²) >= 11 is 0. The molecule has 0 aliphatic rings. The Morgan fingerprint density at radius 1 is 1.04 bits per heavy atom. The molecule has 0 spiro atoms. The van der Waals surface area contributed by atoms with Crippen molar-refractivity contribution >= 4 is 11.6 Å². The number of rotatable bonds is 5. The van der Waals surface area contributed by atoms with Gasteiger partial charge in [-0.05, 0) is 54.8 Å². The van der Waals surface area contributed by atoms with Crippen LogP contribution in [0.15, 0.2) is 65.6 Å². The first kappa shape index (κ1) is 18.4. The van der Waals surface area contributed by atoms with E-state index < -0.39 is 11.5 Å². The van der Waals surface area contributed by atoms with Crippen molar-refractivity contribution < 1.29 is 14.0 Å². The number of nitrogens with one attached hydrogen (secondary N) is 1. The molecule has 138 valence electrons. The second-order valence-electron chi connectivity index (χ2n) is 6.17. The zero-order chi connectivity index (χ0) is 19.4. The van der Waals surface area contributed by atoms with Gasteiger partial charge in [-0.25, -0.2) is 4.39 Å². The molecule has 5 nitrogen and oxygen atoms in total. The monoisotopic (exact) mass is 366 g/mol. The first-order valence-electron chi connectivity index (χ1n) is 8.42. The highest BCUT2D eigenvalue weighted by Crippen LogP contribution is 2.19. The Kier molecular flexibility index (Phi) is 5.35. The fraction of sp³-hybridized carbons (Fsp3) is 0.143. The van der Waals surface area contributed by atoms with E-state index >= 15 is 0 Å². The topological polar surface area (TPSA) is 60.3 Å². The maximum absolute atomic E-state index is 13.0. The van der Waals surface area contributed by atoms with E-state index in [9.17, 15) is 14.0 Å². The van der Waals surface area contributed by atoms with Crippen LogP contribution in [0.2, 0.25) is 0 Å². The Hall–Kier alpha value is -3.41. The molecule has 0 aliphatic heterocycles. The number of aryl methyl sites for hydroxylation is 2. The Balaban J connectivity index is 1.79. The molecule has 0 saturated heterocycles. The molecule has 1 N–H and O–H groups in total. The molecule has 1 heterocycles. The van der Waals surface area contributed by atoms with Gasteiger partial charge >= 0.3 is 0 Å². The third-order valence-electron chi connectivity index (χ3n) is 4.16. The van der Waals surface area contributed by atoms with Crippen molar-refractivity contribution in [1.82, 2.24) is 4.73 Å². The third kappa shape index (κ3) is 4.23. The minimum absolute atomic E-state index is 0.0285. The van der Waals surface area contributed by atoms with E-state index in [1.165, 1.54) is 24.4 Å². The predicted molar refractivity (Wildman–Crippen MR) is 101 cm³/mol. The molecule has 6 heteroatoms. The first-order valence-corrected chi connectivity index (χ1v) is 8.42. The molecule has 1 aromatic heterocycles. The fourth-order valence-electron chi connectivity index (χ4n) is 2.67. The number of anilines is 1. The van der Waals surface area contributed by atoms with E-state index in [1.807, 2.05) is 32.0 Å². The Labute approximate surface area is 156 Å². The van der Waals surface area contributed by atoms with Crippen LogP contribution in [0, 0.1) is 19.7 Å². The number of carbonyl (C=O) groups is 1. The lowest BCUT2D eigenvalue weighted by molar-refractivity contribution is 0.0863. The summed E-state index contributed by atoms with van der Waals surface area (Å²) in [4.78, 5) is 30.6. The van der Waals surface area contributed by atoms with Crippen molar-refractivity contribution in [3.8, 4) is 0 Å². The number of nitrogens with zero attached hydrogens (tertiary/aromatic N) is 1. The number of halogens is 1. The van der Waals surface area contributed by atoms with Crippen LogP contribution in [0.4, 0.5) is 10.1 Å². The third-order valence-corrected chi connectivity index (χ3v) is 4.16. The summed E-state index contributed by atoms with van der Waals surface area (Å²) in [5.74, 6) is -0.849. The van der Waals surface area contributed by atoms with Crippen molar-refractivity contribution in [2.24, 2.45) is 0 Å². The lowest BCUT2D eigenvalue weighted by Gasteiger charge is -2.12. The summed E-state index contributed by atoms with van der Waals surface area (Å²) < 4.78 is 14.0. The predicted octanol–water partition coefficient (Wildman–Crippen LogP) is 3.49. The average Bonchev–Trinajstić information content (AvgIpc) is 2.65. The van der Waals surface area contributed by atoms with Crippen LogP contribution in [0.1, 0.15) is 27.0 Å². The zero-order valence-corrected chi connectivity index (χ0v) is 15.0. The van der Waals surface area contributed by atoms with Gasteiger partial charge in [0.25, 0.3) is 11.5 Å². The van der Waals surface area contributed by atoms with Gasteiger partial charge in [-0.3, -0.25) is 9.59 Å². The van der Waals surface area contributed by atoms with Crippen molar-refractivity contribution in [1.29, 1.82) is 0 Å². The lowest BCUT2D eigenvalue weighted by atomic mass is 10.1. The summed E-state index contributed by atoms with van der Waals surface area (Å²) in [5, 5.41) is 2.79. The van der Waals surface area contributed by atoms with Crippen molar-refractivity contribution in [2.45, 2.75) is 20.5 Å². The molecular weight excluding hydrogens is 347 g/mol. The number of amides is 1. The Bertz CT molecular complexity index is 1010. The van der Waals surface area contributed by atoms with Crippen LogP contribution in [0.3, 0.4) is 0 Å². The summed E-state index contributed by atoms with van der Waals surface area (Å²) in [6, 6.07) is 14.4. The molecule has 0 saturated carbocycles. The van der Waals surface area contributed by atoms with Crippen LogP contribution in [-0.2, 0) is 6.61 Å². The minimum atomic E-state index is -0.566. The molecule has 2 aromatic carbocycles. The van der Waals surface area contributed by atoms with Gasteiger partial charge in [0.05, 0.1) is 0 Å². The van der Waals surface area contributed by atoms with E-state index in [0.717, 1.165) is 15.9 Å². The fourth-order valence-corrected chi connectivity index (χ4v) is 2.67. The largest absolute Gasteiger partial charge is 0.406 e. The van der Waals surface area contributed by atoms with Crippen LogP contribution >= 0.6 is 0 Å². The number of para-hydroxylation sites is 1. The normalized spacial score (nSPS) is 10.5. The molecule has 0 unspecified atom stereocenters. The standard InChI is InChI=1S/C21H19FN2O3/c1-14-5-3-6-15(2)19(14)23-20(25)18-7-4-12-24(21(18)26)27-13-16-8-10-17(22)11-9-16/h3-12H,13H2,1-2H3,(H,23,25). The quantitative estimate of drug-likeness (QED) is 0.752. The van der Waals surface area contributed by atoms with Crippen LogP contribution in [0.25, 0.3) is 0 Å². The first-order chi connectivity index (χ1) is 13.0. The molecule has 1 amide bonds. The second kappa shape index (κ2) is 7.86. The smallest absolute Gasteiger partial charge is 0.295 e. The van der Waals surface area contributed by atoms with E-state index in [1.54, 1.807) is 18.2 Å². The Morgan fingerprint density at radius 3 is 2.37 bits per heavy atom. The molecule has 27 heavy (non-hydrogen) atoms. The SMILES string of the molecule is Cc1cccc(C)c1NC(=O)c1cccn(OCc2ccc(F)cc2)c1=O. The van der Waals surface area contributed by atoms with E-state index in [2.05, 4.69) is 5.32 Å². The molecule has 0 radical (unpaired) electrons. The van der Waals surface area contributed by atoms with Crippen LogP contribution < -0.4 is 15.7 Å². The average molecular weight is 366 g/mol. The highest BCUT2D eigenvalue weighted by molar-refractivity contribution is 6.04. The minimum Gasteiger partial charge on any atom is -0.406 e. The van der Waals surface area contributed by atoms with Gasteiger partial charge in [0.15, 0.2) is 0 Å². The number of pyridine rings is 1. The summed E-state index contributed by atoms with van der Waals surface area (Å²) in [6.45, 7) is 3.84. The Morgan fingerprint density at radius 2 is 1.70 bits per heavy atom. The van der Waals surface area contributed by atoms with Gasteiger partial charge in [0.1, 0.15) is 18.0 Å². The summed E-state index contributed by atoms with van der Waals surface area (Å²) in [7, 11) is 0. The second-order valence-corrected chi connectivity index (χ2v) is 6.17. The van der Waals surface area contributed by atoms with Crippen molar-refractivity contribution in [3.63, 3.8) is 0 Å². The number of benzene rings is 2. The van der Waals surface area contributed by atoms with E-state index in [4.69, 9.17) is 4.84 Å². The molecule has 0 bridgehead atoms. The number of carbonyl (C=O) groups excluding carboxylic acids is 1. The van der Waals surface area contributed by atoms with Crippen molar-refractivity contribution in [2.75, 3.05) is 5.32 Å². The number of hydrogen-bond acceptors (Lipinski definition) is 3. The van der Waals surface area contributed by atoms with Gasteiger partial charge in [-0.2, -0.15) is 4.73 Å². The van der Waals surface area contributed by atoms with Gasteiger partial charge in [0, 0.05) is 11.9 Å². The van der Waals surface area contributed by atoms with Crippen molar-refractivity contribution in [3.05, 3.63) is 99.2 Å². The van der Waals surface area contributed by atoms with E-state index in [-0.39, 0.29) is 18.0 Å². The van der Waals surface area contributed by atoms with Crippen LogP contribution in [-0.4, -0.2) is 10.6 Å². The summed E-state index contributed by atoms with van der Waals surface area (Å²) in [6.07, 6.45) is 1.43. The molecule has 0 atom stereocenters.